The lowest BCUT2D eigenvalue weighted by atomic mass is 9.43. The molecule has 2 unspecified atom stereocenters. The van der Waals surface area contributed by atoms with E-state index in [1.165, 1.54) is 12.0 Å². The number of aryl methyl sites for hydroxylation is 1. The van der Waals surface area contributed by atoms with Gasteiger partial charge in [0, 0.05) is 5.39 Å². The van der Waals surface area contributed by atoms with E-state index in [0.29, 0.717) is 24.9 Å². The number of hydrogen-bond acceptors (Lipinski definition) is 5. The van der Waals surface area contributed by atoms with Crippen molar-refractivity contribution in [1.29, 1.82) is 0 Å². The quantitative estimate of drug-likeness (QED) is 0.413. The van der Waals surface area contributed by atoms with E-state index in [1.807, 2.05) is 49.4 Å². The van der Waals surface area contributed by atoms with E-state index in [4.69, 9.17) is 18.5 Å². The van der Waals surface area contributed by atoms with Crippen LogP contribution in [0.3, 0.4) is 0 Å². The van der Waals surface area contributed by atoms with Gasteiger partial charge in [-0.25, -0.2) is 0 Å². The van der Waals surface area contributed by atoms with Crippen LogP contribution in [0.15, 0.2) is 59.2 Å². The number of carbonyl (C=O) groups excluding carboxylic acids is 1. The summed E-state index contributed by atoms with van der Waals surface area (Å²) in [6.07, 6.45) is 4.86. The average molecular weight is 501 g/mol. The van der Waals surface area contributed by atoms with Gasteiger partial charge in [-0.1, -0.05) is 49.7 Å². The molecule has 2 heterocycles. The lowest BCUT2D eigenvalue weighted by Crippen LogP contribution is -2.65. The van der Waals surface area contributed by atoms with Gasteiger partial charge in [0.2, 0.25) is 5.91 Å². The number of fused-ring (bicyclic) bond motifs is 1. The van der Waals surface area contributed by atoms with Crippen LogP contribution >= 0.6 is 0 Å². The third kappa shape index (κ3) is 4.36. The predicted molar refractivity (Wildman–Crippen MR) is 143 cm³/mol. The molecule has 194 valence electrons. The third-order valence-corrected chi connectivity index (χ3v) is 9.26. The summed E-state index contributed by atoms with van der Waals surface area (Å²) in [5, 5.41) is 4.27. The van der Waals surface area contributed by atoms with Gasteiger partial charge in [0.25, 0.3) is 0 Å². The first-order valence-electron chi connectivity index (χ1n) is 13.5. The van der Waals surface area contributed by atoms with Crippen LogP contribution in [-0.4, -0.2) is 37.3 Å². The molecule has 1 N–H and O–H groups in total. The Bertz CT molecular complexity index is 1290. The molecule has 0 radical (unpaired) electrons. The molecule has 7 heteroatoms. The topological polar surface area (TPSA) is 69.9 Å². The molecule has 3 saturated carbocycles. The van der Waals surface area contributed by atoms with Crippen molar-refractivity contribution in [3.05, 3.63) is 65.9 Å². The fourth-order valence-corrected chi connectivity index (χ4v) is 6.89. The van der Waals surface area contributed by atoms with Crippen LogP contribution < -0.4 is 10.1 Å². The second kappa shape index (κ2) is 9.21. The van der Waals surface area contributed by atoms with E-state index in [9.17, 15) is 4.79 Å². The molecule has 1 aromatic heterocycles. The summed E-state index contributed by atoms with van der Waals surface area (Å²) < 4.78 is 24.9. The van der Waals surface area contributed by atoms with Crippen molar-refractivity contribution in [2.24, 2.45) is 17.3 Å². The maximum absolute atomic E-state index is 13.1. The van der Waals surface area contributed by atoms with Crippen LogP contribution in [0.4, 0.5) is 0 Å². The fourth-order valence-electron chi connectivity index (χ4n) is 6.89. The second-order valence-electron chi connectivity index (χ2n) is 11.9. The fraction of sp³-hybridized carbons (Fsp3) is 0.500. The molecular weight excluding hydrogens is 465 g/mol. The molecule has 2 bridgehead atoms. The van der Waals surface area contributed by atoms with Crippen molar-refractivity contribution in [3.8, 4) is 5.75 Å². The largest absolute Gasteiger partial charge is 0.493 e. The van der Waals surface area contributed by atoms with E-state index in [0.717, 1.165) is 28.7 Å². The lowest BCUT2D eigenvalue weighted by molar-refractivity contribution is -0.199. The smallest absolute Gasteiger partial charge is 0.482 e. The molecule has 7 rings (SSSR count). The van der Waals surface area contributed by atoms with Crippen molar-refractivity contribution in [1.82, 2.24) is 5.32 Å². The first kappa shape index (κ1) is 24.6. The molecule has 1 amide bonds. The molecule has 3 aromatic rings. The minimum Gasteiger partial charge on any atom is -0.493 e. The van der Waals surface area contributed by atoms with Crippen LogP contribution in [0.25, 0.3) is 11.0 Å². The van der Waals surface area contributed by atoms with E-state index < -0.39 is 7.12 Å². The normalized spacial score (nSPS) is 28.4. The van der Waals surface area contributed by atoms with E-state index in [1.54, 1.807) is 6.26 Å². The van der Waals surface area contributed by atoms with Crippen molar-refractivity contribution < 1.29 is 23.3 Å². The van der Waals surface area contributed by atoms with E-state index in [-0.39, 0.29) is 35.4 Å². The molecule has 3 aliphatic carbocycles. The highest BCUT2D eigenvalue weighted by molar-refractivity contribution is 6.48. The number of rotatable bonds is 8. The molecule has 6 nitrogen and oxygen atoms in total. The summed E-state index contributed by atoms with van der Waals surface area (Å²) >= 11 is 0. The minimum absolute atomic E-state index is 0.0552. The Labute approximate surface area is 219 Å². The standard InChI is InChI=1S/C30H36BNO5/c1-19-9-11-22(12-10-19)34-14-13-28(33)32-27(15-20-18-35-24-8-6-5-7-23(20)24)31-36-26-17-21-16-25(29(21,2)3)30(26,4)37-31/h5-12,18,21,25-27H,13-17H2,1-4H3,(H,32,33)/t21?,25?,26-,27+,30+/m1/s1. The first-order valence-corrected chi connectivity index (χ1v) is 13.5. The zero-order valence-electron chi connectivity index (χ0n) is 22.2. The summed E-state index contributed by atoms with van der Waals surface area (Å²) in [7, 11) is -0.513. The maximum atomic E-state index is 13.1. The van der Waals surface area contributed by atoms with Gasteiger partial charge in [-0.2, -0.15) is 0 Å². The Balaban J connectivity index is 1.17. The Morgan fingerprint density at radius 3 is 2.70 bits per heavy atom. The molecular formula is C30H36BNO5. The lowest BCUT2D eigenvalue weighted by Gasteiger charge is -2.64. The number of furan rings is 1. The molecule has 2 aromatic carbocycles. The van der Waals surface area contributed by atoms with Crippen molar-refractivity contribution >= 4 is 24.0 Å². The van der Waals surface area contributed by atoms with Crippen LogP contribution in [0.2, 0.25) is 0 Å². The second-order valence-corrected chi connectivity index (χ2v) is 11.9. The Kier molecular flexibility index (Phi) is 6.11. The minimum atomic E-state index is -0.513. The molecule has 4 fully saturated rings. The maximum Gasteiger partial charge on any atom is 0.482 e. The van der Waals surface area contributed by atoms with Gasteiger partial charge in [0.05, 0.1) is 36.9 Å². The molecule has 4 aliphatic rings. The van der Waals surface area contributed by atoms with Crippen molar-refractivity contribution in [3.63, 3.8) is 0 Å². The summed E-state index contributed by atoms with van der Waals surface area (Å²) in [6, 6.07) is 15.8. The van der Waals surface area contributed by atoms with Crippen molar-refractivity contribution in [2.75, 3.05) is 6.61 Å². The van der Waals surface area contributed by atoms with Gasteiger partial charge < -0.3 is 23.8 Å². The van der Waals surface area contributed by atoms with E-state index >= 15 is 0 Å². The van der Waals surface area contributed by atoms with Crippen LogP contribution in [0.1, 0.15) is 51.2 Å². The average Bonchev–Trinajstić information content (AvgIpc) is 3.45. The molecule has 1 saturated heterocycles. The summed E-state index contributed by atoms with van der Waals surface area (Å²) in [5.41, 5.74) is 2.97. The number of benzene rings is 2. The molecule has 37 heavy (non-hydrogen) atoms. The van der Waals surface area contributed by atoms with Crippen LogP contribution in [0.5, 0.6) is 5.75 Å². The van der Waals surface area contributed by atoms with Gasteiger partial charge in [-0.3, -0.25) is 4.79 Å². The van der Waals surface area contributed by atoms with Gasteiger partial charge in [0.1, 0.15) is 11.3 Å². The zero-order chi connectivity index (χ0) is 25.8. The van der Waals surface area contributed by atoms with Gasteiger partial charge in [0.15, 0.2) is 0 Å². The van der Waals surface area contributed by atoms with E-state index in [2.05, 4.69) is 32.2 Å². The van der Waals surface area contributed by atoms with Gasteiger partial charge in [-0.05, 0) is 74.1 Å². The van der Waals surface area contributed by atoms with Gasteiger partial charge in [-0.15, -0.1) is 0 Å². The first-order chi connectivity index (χ1) is 17.7. The van der Waals surface area contributed by atoms with Crippen LogP contribution in [0, 0.1) is 24.2 Å². The Morgan fingerprint density at radius 1 is 1.14 bits per heavy atom. The SMILES string of the molecule is Cc1ccc(OCCC(=O)N[C@@H](Cc2coc3ccccc23)B2O[C@@H]3CC4CC(C4(C)C)[C@]3(C)O2)cc1. The molecule has 5 atom stereocenters. The summed E-state index contributed by atoms with van der Waals surface area (Å²) in [4.78, 5) is 13.1. The van der Waals surface area contributed by atoms with Gasteiger partial charge >= 0.3 is 7.12 Å². The number of nitrogens with one attached hydrogen (secondary N) is 1. The summed E-state index contributed by atoms with van der Waals surface area (Å²) in [5.74, 6) is 1.48. The highest BCUT2D eigenvalue weighted by atomic mass is 16.7. The third-order valence-electron chi connectivity index (χ3n) is 9.26. The Morgan fingerprint density at radius 2 is 1.92 bits per heavy atom. The predicted octanol–water partition coefficient (Wildman–Crippen LogP) is 5.51. The molecule has 1 aliphatic heterocycles. The highest BCUT2D eigenvalue weighted by Crippen LogP contribution is 2.65. The highest BCUT2D eigenvalue weighted by Gasteiger charge is 2.68. The Hall–Kier alpha value is -2.77. The number of para-hydroxylation sites is 1. The van der Waals surface area contributed by atoms with Crippen LogP contribution in [-0.2, 0) is 20.5 Å². The number of ether oxygens (including phenoxy) is 1. The monoisotopic (exact) mass is 501 g/mol. The molecule has 0 spiro atoms. The number of amides is 1. The number of carbonyl (C=O) groups is 1. The number of hydrogen-bond donors (Lipinski definition) is 1. The zero-order valence-corrected chi connectivity index (χ0v) is 22.2. The van der Waals surface area contributed by atoms with Crippen molar-refractivity contribution in [2.45, 2.75) is 71.0 Å². The summed E-state index contributed by atoms with van der Waals surface area (Å²) in [6.45, 7) is 9.26.